The van der Waals surface area contributed by atoms with E-state index < -0.39 is 46.9 Å². The van der Waals surface area contributed by atoms with Gasteiger partial charge in [-0.25, -0.2) is 41.8 Å². The third-order valence-electron chi connectivity index (χ3n) is 5.38. The number of benzene rings is 2. The number of rotatable bonds is 2. The van der Waals surface area contributed by atoms with Crippen LogP contribution in [0.25, 0.3) is 0 Å². The smallest absolute Gasteiger partial charge is 0.304 e. The summed E-state index contributed by atoms with van der Waals surface area (Å²) in [4.78, 5) is 46.5. The van der Waals surface area contributed by atoms with E-state index in [9.17, 15) is 36.7 Å². The number of imide groups is 2. The van der Waals surface area contributed by atoms with Gasteiger partial charge in [0.15, 0.2) is 0 Å². The predicted octanol–water partition coefficient (Wildman–Crippen LogP) is 5.65. The second kappa shape index (κ2) is 16.2. The van der Waals surface area contributed by atoms with Crippen molar-refractivity contribution in [3.63, 3.8) is 0 Å². The molecule has 6 rings (SSSR count). The summed E-state index contributed by atoms with van der Waals surface area (Å²) in [6, 6.07) is 27.6. The Bertz CT molecular complexity index is 1270. The fraction of sp³-hybridized carbons (Fsp3) is 0.133. The Kier molecular flexibility index (Phi) is 13.1. The van der Waals surface area contributed by atoms with Crippen LogP contribution in [0, 0.1) is 35.4 Å². The van der Waals surface area contributed by atoms with E-state index in [4.69, 9.17) is 0 Å². The molecule has 2 aliphatic rings. The average Bonchev–Trinajstić information content (AvgIpc) is 3.74. The first kappa shape index (κ1) is 33.1. The molecular weight excluding hydrogens is 576 g/mol. The van der Waals surface area contributed by atoms with Crippen molar-refractivity contribution in [2.75, 3.05) is 9.80 Å². The number of anilines is 2. The Labute approximate surface area is 248 Å². The molecule has 0 aliphatic carbocycles. The molecule has 2 fully saturated rings. The average molecular weight is 598 g/mol. The van der Waals surface area contributed by atoms with E-state index in [0.29, 0.717) is 0 Å². The van der Waals surface area contributed by atoms with Gasteiger partial charge in [0.1, 0.15) is 0 Å². The molecule has 41 heavy (non-hydrogen) atoms. The molecule has 0 spiro atoms. The summed E-state index contributed by atoms with van der Waals surface area (Å²) >= 11 is 0. The number of hydrogen-bond donors (Lipinski definition) is 0. The quantitative estimate of drug-likeness (QED) is 0.130. The van der Waals surface area contributed by atoms with Crippen molar-refractivity contribution in [2.45, 2.75) is 25.7 Å². The van der Waals surface area contributed by atoms with Crippen LogP contribution in [0.4, 0.5) is 28.9 Å². The van der Waals surface area contributed by atoms with E-state index in [0.717, 1.165) is 34.1 Å². The molecule has 0 atom stereocenters. The van der Waals surface area contributed by atoms with E-state index in [1.807, 2.05) is 60.7 Å². The first-order chi connectivity index (χ1) is 19.2. The van der Waals surface area contributed by atoms with Gasteiger partial charge in [-0.3, -0.25) is 19.2 Å². The van der Waals surface area contributed by atoms with Crippen molar-refractivity contribution < 1.29 is 58.5 Å². The fourth-order valence-electron chi connectivity index (χ4n) is 3.55. The predicted molar refractivity (Wildman–Crippen MR) is 138 cm³/mol. The normalized spacial score (nSPS) is 13.9. The minimum absolute atomic E-state index is 0. The van der Waals surface area contributed by atoms with E-state index in [2.05, 4.69) is 0 Å². The van der Waals surface area contributed by atoms with Gasteiger partial charge >= 0.3 is 21.7 Å². The number of hydrogen-bond acceptors (Lipinski definition) is 4. The minimum atomic E-state index is -1.03. The van der Waals surface area contributed by atoms with Gasteiger partial charge in [-0.15, -0.1) is 36.4 Å². The molecule has 2 aliphatic heterocycles. The molecule has 0 saturated carbocycles. The summed E-state index contributed by atoms with van der Waals surface area (Å²) in [7, 11) is 0. The fourth-order valence-corrected chi connectivity index (χ4v) is 3.55. The Balaban J connectivity index is 0.000000211. The molecule has 2 heterocycles. The number of nitrogens with zero attached hydrogens (tertiary/aromatic N) is 2. The first-order valence-electron chi connectivity index (χ1n) is 12.0. The van der Waals surface area contributed by atoms with Crippen LogP contribution in [-0.4, -0.2) is 23.6 Å². The summed E-state index contributed by atoms with van der Waals surface area (Å²) in [5, 5.41) is 0. The van der Waals surface area contributed by atoms with Crippen LogP contribution in [0.5, 0.6) is 0 Å². The molecular formula is C30H22F4N2O4Ti. The Morgan fingerprint density at radius 3 is 1.05 bits per heavy atom. The maximum atomic E-state index is 13.2. The molecule has 0 N–H and O–H groups in total. The van der Waals surface area contributed by atoms with Crippen LogP contribution in [-0.2, 0) is 40.9 Å². The molecule has 4 aromatic carbocycles. The van der Waals surface area contributed by atoms with Crippen LogP contribution in [0.3, 0.4) is 0 Å². The van der Waals surface area contributed by atoms with Gasteiger partial charge in [0.05, 0.1) is 0 Å². The van der Waals surface area contributed by atoms with Crippen molar-refractivity contribution in [3.05, 3.63) is 120 Å². The zero-order chi connectivity index (χ0) is 29.1. The maximum Gasteiger partial charge on any atom is 4.00 e. The van der Waals surface area contributed by atoms with Gasteiger partial charge in [-0.1, -0.05) is 0 Å². The molecule has 6 nitrogen and oxygen atoms in total. The third-order valence-corrected chi connectivity index (χ3v) is 5.38. The van der Waals surface area contributed by atoms with Crippen LogP contribution in [0.2, 0.25) is 0 Å². The van der Waals surface area contributed by atoms with Crippen molar-refractivity contribution in [1.29, 1.82) is 0 Å². The Morgan fingerprint density at radius 2 is 0.829 bits per heavy atom. The topological polar surface area (TPSA) is 74.8 Å². The number of halogens is 4. The van der Waals surface area contributed by atoms with Crippen LogP contribution in [0.1, 0.15) is 25.7 Å². The van der Waals surface area contributed by atoms with Crippen molar-refractivity contribution >= 4 is 35.0 Å². The van der Waals surface area contributed by atoms with Gasteiger partial charge in [0.2, 0.25) is 23.6 Å². The van der Waals surface area contributed by atoms with E-state index in [-0.39, 0.29) is 58.8 Å². The first-order valence-corrected chi connectivity index (χ1v) is 12.0. The number of carbonyl (C=O) groups is 4. The SMILES string of the molecule is O=C1CCC(=O)N1c1ccc(F)[c-]c1F.O=C1CCC(=O)N1c1ccc(F)[c-]c1F.[Ti+4].c1cc[cH-]c1.c1cc[cH-]c1. The molecule has 0 radical (unpaired) electrons. The van der Waals surface area contributed by atoms with Gasteiger partial charge < -0.3 is 9.80 Å². The second-order valence-electron chi connectivity index (χ2n) is 8.18. The van der Waals surface area contributed by atoms with Gasteiger partial charge in [0, 0.05) is 49.0 Å². The van der Waals surface area contributed by atoms with Crippen molar-refractivity contribution in [2.24, 2.45) is 0 Å². The van der Waals surface area contributed by atoms with Gasteiger partial charge in [-0.2, -0.15) is 36.4 Å². The minimum Gasteiger partial charge on any atom is -0.304 e. The van der Waals surface area contributed by atoms with Crippen LogP contribution in [0.15, 0.2) is 84.9 Å². The van der Waals surface area contributed by atoms with Gasteiger partial charge in [0.25, 0.3) is 0 Å². The summed E-state index contributed by atoms with van der Waals surface area (Å²) in [5.41, 5.74) is -0.465. The second-order valence-corrected chi connectivity index (χ2v) is 8.18. The summed E-state index contributed by atoms with van der Waals surface area (Å²) < 4.78 is 51.5. The monoisotopic (exact) mass is 598 g/mol. The molecule has 4 amide bonds. The summed E-state index contributed by atoms with van der Waals surface area (Å²) in [6.45, 7) is 0. The van der Waals surface area contributed by atoms with Crippen molar-refractivity contribution in [3.8, 4) is 0 Å². The van der Waals surface area contributed by atoms with Crippen molar-refractivity contribution in [1.82, 2.24) is 0 Å². The zero-order valence-electron chi connectivity index (χ0n) is 21.5. The van der Waals surface area contributed by atoms with E-state index in [1.165, 1.54) is 0 Å². The number of amides is 4. The zero-order valence-corrected chi connectivity index (χ0v) is 23.0. The molecule has 4 aromatic rings. The molecule has 0 bridgehead atoms. The Morgan fingerprint density at radius 1 is 0.537 bits per heavy atom. The third kappa shape index (κ3) is 9.48. The standard InChI is InChI=1S/2C10H6F2NO2.2C5H5.Ti/c2*11-6-1-2-8(7(12)5-6)13-9(14)3-4-10(13)15;2*1-2-4-5-3-1;/h2*1-2H,3-4H2;2*1-5H;/q4*-1;+4. The maximum absolute atomic E-state index is 13.2. The van der Waals surface area contributed by atoms with Crippen LogP contribution >= 0.6 is 0 Å². The molecule has 11 heteroatoms. The summed E-state index contributed by atoms with van der Waals surface area (Å²) in [6.07, 6.45) is 0.261. The van der Waals surface area contributed by atoms with E-state index >= 15 is 0 Å². The molecule has 208 valence electrons. The molecule has 0 unspecified atom stereocenters. The van der Waals surface area contributed by atoms with Gasteiger partial charge in [-0.05, 0) is 11.4 Å². The molecule has 0 aromatic heterocycles. The Hall–Kier alpha value is -4.15. The largest absolute Gasteiger partial charge is 4.00 e. The van der Waals surface area contributed by atoms with E-state index in [1.54, 1.807) is 12.1 Å². The van der Waals surface area contributed by atoms with Crippen LogP contribution < -0.4 is 9.80 Å². The number of carbonyl (C=O) groups excluding carboxylic acids is 4. The molecule has 2 saturated heterocycles. The summed E-state index contributed by atoms with van der Waals surface area (Å²) in [5.74, 6) is -5.68.